The lowest BCUT2D eigenvalue weighted by Crippen LogP contribution is -1.71. The number of H-pyrrole nitrogens is 1. The number of benzene rings is 1. The van der Waals surface area contributed by atoms with Crippen LogP contribution in [0, 0.1) is 6.92 Å². The molecular formula is C13H19N. The predicted octanol–water partition coefficient (Wildman–Crippen LogP) is 4.28. The minimum atomic E-state index is 1.22. The third kappa shape index (κ3) is 2.63. The Bertz CT molecular complexity index is 371. The molecule has 1 aromatic carbocycles. The Morgan fingerprint density at radius 2 is 1.79 bits per heavy atom. The van der Waals surface area contributed by atoms with Crippen molar-refractivity contribution in [1.82, 2.24) is 4.98 Å². The van der Waals surface area contributed by atoms with E-state index in [0.717, 1.165) is 0 Å². The maximum atomic E-state index is 3.16. The predicted molar refractivity (Wildman–Crippen MR) is 63.6 cm³/mol. The highest BCUT2D eigenvalue weighted by Gasteiger charge is 1.93. The molecule has 0 bridgehead atoms. The molecular weight excluding hydrogens is 170 g/mol. The van der Waals surface area contributed by atoms with Crippen molar-refractivity contribution in [3.8, 4) is 0 Å². The normalized spacial score (nSPS) is 9.64. The van der Waals surface area contributed by atoms with Crippen molar-refractivity contribution >= 4 is 10.9 Å². The highest BCUT2D eigenvalue weighted by molar-refractivity contribution is 5.82. The monoisotopic (exact) mass is 189 g/mol. The Kier molecular flexibility index (Phi) is 4.24. The third-order valence-electron chi connectivity index (χ3n) is 2.31. The van der Waals surface area contributed by atoms with E-state index in [-0.39, 0.29) is 0 Å². The molecule has 2 aromatic rings. The number of nitrogens with one attached hydrogen (secondary N) is 1. The molecule has 0 radical (unpaired) electrons. The van der Waals surface area contributed by atoms with Gasteiger partial charge in [-0.05, 0) is 24.6 Å². The maximum absolute atomic E-state index is 3.16. The van der Waals surface area contributed by atoms with Gasteiger partial charge in [0.25, 0.3) is 0 Å². The van der Waals surface area contributed by atoms with Crippen molar-refractivity contribution in [3.63, 3.8) is 0 Å². The second kappa shape index (κ2) is 5.48. The number of aromatic amines is 1. The summed E-state index contributed by atoms with van der Waals surface area (Å²) in [6.07, 6.45) is 4.61. The highest BCUT2D eigenvalue weighted by Crippen LogP contribution is 2.15. The standard InChI is InChI=1S/C9H9N.C4H10/c1-7-3-2-4-9-8(7)5-6-10-9;1-3-4-2/h2-6,10H,1H3;3-4H2,1-2H3. The first-order valence-corrected chi connectivity index (χ1v) is 5.32. The van der Waals surface area contributed by atoms with Gasteiger partial charge in [0, 0.05) is 17.1 Å². The van der Waals surface area contributed by atoms with Crippen molar-refractivity contribution in [2.45, 2.75) is 33.6 Å². The fourth-order valence-electron chi connectivity index (χ4n) is 1.24. The molecule has 14 heavy (non-hydrogen) atoms. The van der Waals surface area contributed by atoms with Gasteiger partial charge in [0.2, 0.25) is 0 Å². The van der Waals surface area contributed by atoms with Gasteiger partial charge < -0.3 is 4.98 Å². The number of hydrogen-bond donors (Lipinski definition) is 1. The zero-order chi connectivity index (χ0) is 10.4. The molecule has 0 spiro atoms. The van der Waals surface area contributed by atoms with Gasteiger partial charge in [-0.2, -0.15) is 0 Å². The van der Waals surface area contributed by atoms with Gasteiger partial charge in [0.15, 0.2) is 0 Å². The van der Waals surface area contributed by atoms with E-state index >= 15 is 0 Å². The van der Waals surface area contributed by atoms with Crippen molar-refractivity contribution in [3.05, 3.63) is 36.0 Å². The molecule has 0 saturated carbocycles. The summed E-state index contributed by atoms with van der Waals surface area (Å²) < 4.78 is 0. The van der Waals surface area contributed by atoms with Crippen LogP contribution < -0.4 is 0 Å². The van der Waals surface area contributed by atoms with Crippen molar-refractivity contribution in [2.24, 2.45) is 0 Å². The van der Waals surface area contributed by atoms with E-state index in [0.29, 0.717) is 0 Å². The molecule has 0 aliphatic carbocycles. The van der Waals surface area contributed by atoms with E-state index in [2.05, 4.69) is 50.0 Å². The van der Waals surface area contributed by atoms with Gasteiger partial charge in [-0.25, -0.2) is 0 Å². The lowest BCUT2D eigenvalue weighted by molar-refractivity contribution is 0.886. The first kappa shape index (κ1) is 10.8. The fourth-order valence-corrected chi connectivity index (χ4v) is 1.24. The number of rotatable bonds is 1. The summed E-state index contributed by atoms with van der Waals surface area (Å²) in [6, 6.07) is 8.37. The van der Waals surface area contributed by atoms with Crippen LogP contribution in [0.2, 0.25) is 0 Å². The van der Waals surface area contributed by atoms with Gasteiger partial charge in [0.1, 0.15) is 0 Å². The number of aromatic nitrogens is 1. The number of unbranched alkanes of at least 4 members (excludes halogenated alkanes) is 1. The quantitative estimate of drug-likeness (QED) is 0.689. The summed E-state index contributed by atoms with van der Waals surface area (Å²) in [5, 5.41) is 1.32. The van der Waals surface area contributed by atoms with Crippen LogP contribution >= 0.6 is 0 Å². The minimum absolute atomic E-state index is 1.22. The molecule has 0 saturated heterocycles. The summed E-state index contributed by atoms with van der Waals surface area (Å²) in [4.78, 5) is 3.16. The maximum Gasteiger partial charge on any atom is 0.0456 e. The molecule has 0 amide bonds. The second-order valence-electron chi connectivity index (χ2n) is 3.51. The third-order valence-corrected chi connectivity index (χ3v) is 2.31. The van der Waals surface area contributed by atoms with Gasteiger partial charge in [-0.3, -0.25) is 0 Å². The SMILES string of the molecule is CCCC.Cc1cccc2[nH]ccc12. The highest BCUT2D eigenvalue weighted by atomic mass is 14.7. The minimum Gasteiger partial charge on any atom is -0.361 e. The summed E-state index contributed by atoms with van der Waals surface area (Å²) in [7, 11) is 0. The molecule has 1 nitrogen and oxygen atoms in total. The average Bonchev–Trinajstić information content (AvgIpc) is 2.68. The van der Waals surface area contributed by atoms with Crippen LogP contribution in [0.3, 0.4) is 0 Å². The van der Waals surface area contributed by atoms with E-state index in [1.54, 1.807) is 0 Å². The zero-order valence-electron chi connectivity index (χ0n) is 9.30. The Morgan fingerprint density at radius 3 is 2.36 bits per heavy atom. The average molecular weight is 189 g/mol. The van der Waals surface area contributed by atoms with Crippen LogP contribution in [-0.2, 0) is 0 Å². The van der Waals surface area contributed by atoms with Crippen molar-refractivity contribution in [1.29, 1.82) is 0 Å². The Labute approximate surface area is 86.2 Å². The van der Waals surface area contributed by atoms with E-state index in [4.69, 9.17) is 0 Å². The van der Waals surface area contributed by atoms with Gasteiger partial charge in [-0.1, -0.05) is 38.8 Å². The molecule has 76 valence electrons. The summed E-state index contributed by atoms with van der Waals surface area (Å²) >= 11 is 0. The fraction of sp³-hybridized carbons (Fsp3) is 0.385. The zero-order valence-corrected chi connectivity index (χ0v) is 9.30. The second-order valence-corrected chi connectivity index (χ2v) is 3.51. The molecule has 0 atom stereocenters. The number of fused-ring (bicyclic) bond motifs is 1. The van der Waals surface area contributed by atoms with Crippen LogP contribution in [-0.4, -0.2) is 4.98 Å². The van der Waals surface area contributed by atoms with E-state index in [1.807, 2.05) is 6.20 Å². The molecule has 1 N–H and O–H groups in total. The molecule has 1 heterocycles. The molecule has 0 aliphatic rings. The molecule has 1 heteroatoms. The molecule has 0 aliphatic heterocycles. The van der Waals surface area contributed by atoms with Gasteiger partial charge in [-0.15, -0.1) is 0 Å². The summed E-state index contributed by atoms with van der Waals surface area (Å²) in [5.41, 5.74) is 2.55. The Hall–Kier alpha value is -1.24. The lowest BCUT2D eigenvalue weighted by atomic mass is 10.1. The lowest BCUT2D eigenvalue weighted by Gasteiger charge is -1.92. The molecule has 0 unspecified atom stereocenters. The first-order chi connectivity index (χ1) is 6.79. The first-order valence-electron chi connectivity index (χ1n) is 5.32. The van der Waals surface area contributed by atoms with Crippen molar-refractivity contribution < 1.29 is 0 Å². The van der Waals surface area contributed by atoms with Crippen LogP contribution in [0.15, 0.2) is 30.5 Å². The van der Waals surface area contributed by atoms with E-state index < -0.39 is 0 Å². The number of hydrogen-bond acceptors (Lipinski definition) is 0. The summed E-state index contributed by atoms with van der Waals surface area (Å²) in [5.74, 6) is 0. The van der Waals surface area contributed by atoms with E-state index in [9.17, 15) is 0 Å². The molecule has 1 aromatic heterocycles. The van der Waals surface area contributed by atoms with Crippen LogP contribution in [0.4, 0.5) is 0 Å². The Balaban J connectivity index is 0.000000213. The van der Waals surface area contributed by atoms with Crippen LogP contribution in [0.1, 0.15) is 32.3 Å². The molecule has 0 fully saturated rings. The summed E-state index contributed by atoms with van der Waals surface area (Å²) in [6.45, 7) is 6.48. The van der Waals surface area contributed by atoms with Crippen molar-refractivity contribution in [2.75, 3.05) is 0 Å². The van der Waals surface area contributed by atoms with Gasteiger partial charge >= 0.3 is 0 Å². The molecule has 2 rings (SSSR count). The largest absolute Gasteiger partial charge is 0.361 e. The van der Waals surface area contributed by atoms with Gasteiger partial charge in [0.05, 0.1) is 0 Å². The topological polar surface area (TPSA) is 15.8 Å². The smallest absolute Gasteiger partial charge is 0.0456 e. The van der Waals surface area contributed by atoms with Crippen LogP contribution in [0.25, 0.3) is 10.9 Å². The van der Waals surface area contributed by atoms with E-state index in [1.165, 1.54) is 29.3 Å². The van der Waals surface area contributed by atoms with Crippen LogP contribution in [0.5, 0.6) is 0 Å². The number of aryl methyl sites for hydroxylation is 1. The Morgan fingerprint density at radius 1 is 1.07 bits per heavy atom.